The molecule has 0 aromatic heterocycles. The fraction of sp³-hybridized carbons (Fsp3) is 0.800. The van der Waals surface area contributed by atoms with E-state index in [0.717, 1.165) is 6.42 Å². The fourth-order valence-corrected chi connectivity index (χ4v) is 5.84. The molecule has 0 spiro atoms. The van der Waals surface area contributed by atoms with E-state index in [2.05, 4.69) is 27.7 Å². The van der Waals surface area contributed by atoms with E-state index in [0.29, 0.717) is 36.0 Å². The van der Waals surface area contributed by atoms with Gasteiger partial charge in [0.05, 0.1) is 0 Å². The highest BCUT2D eigenvalue weighted by molar-refractivity contribution is 5.85. The summed E-state index contributed by atoms with van der Waals surface area (Å²) in [6.45, 7) is 9.06. The topological polar surface area (TPSA) is 63.6 Å². The summed E-state index contributed by atoms with van der Waals surface area (Å²) in [7, 11) is 0. The van der Waals surface area contributed by atoms with Crippen LogP contribution in [0.3, 0.4) is 0 Å². The van der Waals surface area contributed by atoms with Crippen LogP contribution in [0, 0.1) is 28.6 Å². The zero-order valence-electron chi connectivity index (χ0n) is 15.3. The van der Waals surface area contributed by atoms with Crippen LogP contribution in [0.2, 0.25) is 0 Å². The normalized spacial score (nSPS) is 41.6. The molecular weight excluding hydrogens is 304 g/mol. The zero-order valence-corrected chi connectivity index (χ0v) is 15.3. The molecule has 0 amide bonds. The van der Waals surface area contributed by atoms with Crippen LogP contribution < -0.4 is 0 Å². The Morgan fingerprint density at radius 3 is 2.58 bits per heavy atom. The maximum absolute atomic E-state index is 12.7. The molecule has 2 aliphatic carbocycles. The van der Waals surface area contributed by atoms with E-state index >= 15 is 0 Å². The van der Waals surface area contributed by atoms with E-state index in [-0.39, 0.29) is 16.7 Å². The van der Waals surface area contributed by atoms with Gasteiger partial charge in [-0.25, -0.2) is 4.79 Å². The van der Waals surface area contributed by atoms with Gasteiger partial charge >= 0.3 is 5.97 Å². The average Bonchev–Trinajstić information content (AvgIpc) is 2.79. The highest BCUT2D eigenvalue weighted by atomic mass is 16.6. The van der Waals surface area contributed by atoms with Gasteiger partial charge in [-0.1, -0.05) is 34.1 Å². The average molecular weight is 334 g/mol. The van der Waals surface area contributed by atoms with Gasteiger partial charge in [0.15, 0.2) is 0 Å². The second kappa shape index (κ2) is 5.98. The predicted molar refractivity (Wildman–Crippen MR) is 90.9 cm³/mol. The summed E-state index contributed by atoms with van der Waals surface area (Å²) >= 11 is 0. The lowest BCUT2D eigenvalue weighted by molar-refractivity contribution is -0.151. The van der Waals surface area contributed by atoms with Gasteiger partial charge in [-0.15, -0.1) is 0 Å². The number of aliphatic hydroxyl groups excluding tert-OH is 1. The van der Waals surface area contributed by atoms with Crippen LogP contribution in [0.4, 0.5) is 0 Å². The summed E-state index contributed by atoms with van der Waals surface area (Å²) < 4.78 is 4.78. The minimum absolute atomic E-state index is 0.0518. The molecule has 2 saturated carbocycles. The fourth-order valence-electron chi connectivity index (χ4n) is 5.84. The Kier molecular flexibility index (Phi) is 4.40. The first-order valence-corrected chi connectivity index (χ1v) is 9.27. The molecule has 4 heteroatoms. The van der Waals surface area contributed by atoms with Crippen molar-refractivity contribution in [1.82, 2.24) is 0 Å². The largest absolute Gasteiger partial charge is 0.429 e. The van der Waals surface area contributed by atoms with Crippen LogP contribution in [0.1, 0.15) is 66.2 Å². The summed E-state index contributed by atoms with van der Waals surface area (Å²) in [6.07, 6.45) is 6.03. The predicted octanol–water partition coefficient (Wildman–Crippen LogP) is 3.63. The molecule has 3 aliphatic rings. The van der Waals surface area contributed by atoms with Crippen molar-refractivity contribution in [2.75, 3.05) is 0 Å². The van der Waals surface area contributed by atoms with E-state index in [1.807, 2.05) is 0 Å². The molecule has 1 aliphatic heterocycles. The maximum atomic E-state index is 12.7. The molecule has 0 saturated heterocycles. The lowest BCUT2D eigenvalue weighted by atomic mass is 9.46. The number of hydrogen-bond acceptors (Lipinski definition) is 4. The van der Waals surface area contributed by atoms with Gasteiger partial charge in [-0.3, -0.25) is 4.79 Å². The molecule has 3 rings (SSSR count). The zero-order chi connectivity index (χ0) is 17.7. The Hall–Kier alpha value is -1.16. The third-order valence-corrected chi connectivity index (χ3v) is 7.23. The van der Waals surface area contributed by atoms with Gasteiger partial charge in [-0.05, 0) is 48.3 Å². The Balaban J connectivity index is 1.82. The second-order valence-electron chi connectivity index (χ2n) is 9.01. The minimum atomic E-state index is -1.10. The number of carbonyl (C=O) groups is 2. The van der Waals surface area contributed by atoms with Gasteiger partial charge in [0.2, 0.25) is 6.29 Å². The molecule has 1 heterocycles. The molecule has 2 fully saturated rings. The molecule has 5 atom stereocenters. The number of ether oxygens (including phenoxy) is 1. The summed E-state index contributed by atoms with van der Waals surface area (Å²) in [5, 5.41) is 9.81. The first kappa shape index (κ1) is 17.7. The standard InChI is InChI=1S/C20H30O4/c1-12-14(7-6-13-10-17(22)24-18(13)23)20(4)9-5-8-19(2,3)16(20)11-15(12)21/h10,12,14,16,18,23H,5-9,11H2,1-4H3/t12?,14?,16?,18?,20-/m1/s1. The number of ketones is 1. The van der Waals surface area contributed by atoms with E-state index in [4.69, 9.17) is 4.74 Å². The Labute approximate surface area is 144 Å². The summed E-state index contributed by atoms with van der Waals surface area (Å²) in [6, 6.07) is 0. The van der Waals surface area contributed by atoms with Crippen LogP contribution >= 0.6 is 0 Å². The smallest absolute Gasteiger partial charge is 0.333 e. The van der Waals surface area contributed by atoms with Crippen molar-refractivity contribution in [2.45, 2.75) is 72.5 Å². The highest BCUT2D eigenvalue weighted by Gasteiger charge is 2.55. The van der Waals surface area contributed by atoms with Crippen molar-refractivity contribution in [3.8, 4) is 0 Å². The molecule has 134 valence electrons. The van der Waals surface area contributed by atoms with Crippen LogP contribution in [-0.2, 0) is 14.3 Å². The highest BCUT2D eigenvalue weighted by Crippen LogP contribution is 2.61. The molecule has 0 radical (unpaired) electrons. The van der Waals surface area contributed by atoms with Gasteiger partial charge < -0.3 is 9.84 Å². The molecule has 4 unspecified atom stereocenters. The first-order chi connectivity index (χ1) is 11.1. The summed E-state index contributed by atoms with van der Waals surface area (Å²) in [4.78, 5) is 24.0. The van der Waals surface area contributed by atoms with Crippen LogP contribution in [0.15, 0.2) is 11.6 Å². The van der Waals surface area contributed by atoms with Crippen LogP contribution in [0.5, 0.6) is 0 Å². The summed E-state index contributed by atoms with van der Waals surface area (Å²) in [5.74, 6) is 0.690. The maximum Gasteiger partial charge on any atom is 0.333 e. The summed E-state index contributed by atoms with van der Waals surface area (Å²) in [5.41, 5.74) is 1.01. The SMILES string of the molecule is CC1C(=O)CC2C(C)(C)CCC[C@]2(C)C1CCC1=CC(=O)OC1O. The minimum Gasteiger partial charge on any atom is -0.429 e. The van der Waals surface area contributed by atoms with Crippen molar-refractivity contribution in [3.63, 3.8) is 0 Å². The molecule has 4 nitrogen and oxygen atoms in total. The number of esters is 1. The van der Waals surface area contributed by atoms with E-state index < -0.39 is 12.3 Å². The van der Waals surface area contributed by atoms with E-state index in [1.165, 1.54) is 25.3 Å². The Bertz CT molecular complexity index is 576. The van der Waals surface area contributed by atoms with Crippen molar-refractivity contribution in [2.24, 2.45) is 28.6 Å². The molecule has 0 aromatic rings. The van der Waals surface area contributed by atoms with Gasteiger partial charge in [0.1, 0.15) is 5.78 Å². The van der Waals surface area contributed by atoms with Crippen molar-refractivity contribution in [1.29, 1.82) is 0 Å². The number of cyclic esters (lactones) is 1. The van der Waals surface area contributed by atoms with Crippen LogP contribution in [-0.4, -0.2) is 23.1 Å². The number of carbonyl (C=O) groups excluding carboxylic acids is 2. The number of hydrogen-bond donors (Lipinski definition) is 1. The molecule has 0 bridgehead atoms. The number of Topliss-reactive ketones (excluding diaryl/α,β-unsaturated/α-hetero) is 1. The number of fused-ring (bicyclic) bond motifs is 1. The number of rotatable bonds is 3. The van der Waals surface area contributed by atoms with E-state index in [9.17, 15) is 14.7 Å². The quantitative estimate of drug-likeness (QED) is 0.801. The Morgan fingerprint density at radius 2 is 1.96 bits per heavy atom. The number of aliphatic hydroxyl groups is 1. The third kappa shape index (κ3) is 2.83. The van der Waals surface area contributed by atoms with Crippen LogP contribution in [0.25, 0.3) is 0 Å². The van der Waals surface area contributed by atoms with Gasteiger partial charge in [-0.2, -0.15) is 0 Å². The first-order valence-electron chi connectivity index (χ1n) is 9.27. The lowest BCUT2D eigenvalue weighted by Gasteiger charge is -2.58. The van der Waals surface area contributed by atoms with Crippen molar-refractivity contribution < 1.29 is 19.4 Å². The van der Waals surface area contributed by atoms with Crippen molar-refractivity contribution in [3.05, 3.63) is 11.6 Å². The molecule has 24 heavy (non-hydrogen) atoms. The lowest BCUT2D eigenvalue weighted by Crippen LogP contribution is -2.54. The Morgan fingerprint density at radius 1 is 1.25 bits per heavy atom. The monoisotopic (exact) mass is 334 g/mol. The van der Waals surface area contributed by atoms with Crippen molar-refractivity contribution >= 4 is 11.8 Å². The third-order valence-electron chi connectivity index (χ3n) is 7.23. The van der Waals surface area contributed by atoms with E-state index in [1.54, 1.807) is 0 Å². The molecule has 1 N–H and O–H groups in total. The molecular formula is C20H30O4. The van der Waals surface area contributed by atoms with Gasteiger partial charge in [0.25, 0.3) is 0 Å². The molecule has 0 aromatic carbocycles. The second-order valence-corrected chi connectivity index (χ2v) is 9.01. The van der Waals surface area contributed by atoms with Gasteiger partial charge in [0, 0.05) is 24.0 Å².